The molecule has 172 valence electrons. The highest BCUT2D eigenvalue weighted by atomic mass is 32.2. The standard InChI is InChI=1S/C27H23NO5S/c1-32-16-10-11-19-18(14-16)27(12-6-3-7-13-27)21-15-20-22(25(30)28(19)21)23(29)24(26(31)33-20)34-17-8-4-2-5-9-17/h2,4-5,8-11,14-15,29H,3,6-7,12-13H2,1H3. The smallest absolute Gasteiger partial charge is 0.354 e. The molecule has 3 heterocycles. The van der Waals surface area contributed by atoms with Gasteiger partial charge in [-0.3, -0.25) is 9.36 Å². The van der Waals surface area contributed by atoms with Gasteiger partial charge in [0.15, 0.2) is 5.75 Å². The van der Waals surface area contributed by atoms with Gasteiger partial charge in [-0.25, -0.2) is 4.79 Å². The molecular formula is C27H23NO5S. The summed E-state index contributed by atoms with van der Waals surface area (Å²) < 4.78 is 12.8. The summed E-state index contributed by atoms with van der Waals surface area (Å²) in [5.41, 5.74) is 1.42. The molecule has 34 heavy (non-hydrogen) atoms. The average molecular weight is 474 g/mol. The van der Waals surface area contributed by atoms with Crippen molar-refractivity contribution in [2.24, 2.45) is 0 Å². The lowest BCUT2D eigenvalue weighted by Gasteiger charge is -2.34. The number of fused-ring (bicyclic) bond motifs is 6. The first-order chi connectivity index (χ1) is 16.5. The van der Waals surface area contributed by atoms with Crippen molar-refractivity contribution in [2.45, 2.75) is 47.3 Å². The van der Waals surface area contributed by atoms with E-state index < -0.39 is 5.63 Å². The van der Waals surface area contributed by atoms with E-state index in [-0.39, 0.29) is 32.6 Å². The van der Waals surface area contributed by atoms with Crippen molar-refractivity contribution >= 4 is 22.7 Å². The Kier molecular flexibility index (Phi) is 4.85. The number of ether oxygens (including phenoxy) is 1. The first-order valence-electron chi connectivity index (χ1n) is 11.4. The minimum Gasteiger partial charge on any atom is -0.505 e. The van der Waals surface area contributed by atoms with Crippen LogP contribution in [0, 0.1) is 0 Å². The van der Waals surface area contributed by atoms with E-state index in [1.165, 1.54) is 0 Å². The number of methoxy groups -OCH3 is 1. The van der Waals surface area contributed by atoms with Crippen LogP contribution < -0.4 is 15.9 Å². The third kappa shape index (κ3) is 2.96. The predicted molar refractivity (Wildman–Crippen MR) is 131 cm³/mol. The number of rotatable bonds is 3. The van der Waals surface area contributed by atoms with Crippen LogP contribution in [-0.2, 0) is 5.41 Å². The summed E-state index contributed by atoms with van der Waals surface area (Å²) in [6, 6.07) is 16.8. The molecule has 6 rings (SSSR count). The van der Waals surface area contributed by atoms with Gasteiger partial charge in [-0.1, -0.05) is 49.2 Å². The van der Waals surface area contributed by atoms with Gasteiger partial charge in [0, 0.05) is 22.1 Å². The Balaban J connectivity index is 1.64. The lowest BCUT2D eigenvalue weighted by atomic mass is 9.68. The van der Waals surface area contributed by atoms with Crippen molar-refractivity contribution < 1.29 is 14.3 Å². The topological polar surface area (TPSA) is 81.7 Å². The first-order valence-corrected chi connectivity index (χ1v) is 12.2. The average Bonchev–Trinajstić information content (AvgIpc) is 3.11. The normalized spacial score (nSPS) is 15.9. The van der Waals surface area contributed by atoms with E-state index in [9.17, 15) is 14.7 Å². The van der Waals surface area contributed by atoms with E-state index in [2.05, 4.69) is 0 Å². The van der Waals surface area contributed by atoms with Crippen LogP contribution in [-0.4, -0.2) is 16.8 Å². The number of aromatic hydroxyl groups is 1. The molecule has 1 saturated carbocycles. The quantitative estimate of drug-likeness (QED) is 0.431. The number of benzene rings is 2. The Morgan fingerprint density at radius 3 is 2.53 bits per heavy atom. The number of hydrogen-bond acceptors (Lipinski definition) is 6. The second kappa shape index (κ2) is 7.81. The molecule has 2 aliphatic rings. The van der Waals surface area contributed by atoms with Crippen molar-refractivity contribution in [1.82, 2.24) is 4.57 Å². The summed E-state index contributed by atoms with van der Waals surface area (Å²) in [4.78, 5) is 27.5. The molecule has 1 aliphatic heterocycles. The Morgan fingerprint density at radius 2 is 1.79 bits per heavy atom. The largest absolute Gasteiger partial charge is 0.505 e. The molecule has 1 N–H and O–H groups in total. The van der Waals surface area contributed by atoms with Gasteiger partial charge in [0.05, 0.1) is 12.8 Å². The minimum atomic E-state index is -0.655. The summed E-state index contributed by atoms with van der Waals surface area (Å²) in [7, 11) is 1.64. The van der Waals surface area contributed by atoms with Crippen LogP contribution in [0.1, 0.15) is 43.4 Å². The van der Waals surface area contributed by atoms with Gasteiger partial charge in [-0.05, 0) is 48.7 Å². The maximum atomic E-state index is 13.9. The number of nitrogens with zero attached hydrogens (tertiary/aromatic N) is 1. The van der Waals surface area contributed by atoms with Crippen LogP contribution in [0.3, 0.4) is 0 Å². The van der Waals surface area contributed by atoms with Gasteiger partial charge < -0.3 is 14.3 Å². The van der Waals surface area contributed by atoms with Crippen LogP contribution in [0.25, 0.3) is 16.7 Å². The highest BCUT2D eigenvalue weighted by molar-refractivity contribution is 7.99. The first kappa shape index (κ1) is 21.1. The third-order valence-corrected chi connectivity index (χ3v) is 8.20. The number of hydrogen-bond donors (Lipinski definition) is 1. The molecule has 1 fully saturated rings. The second-order valence-corrected chi connectivity index (χ2v) is 10.0. The van der Waals surface area contributed by atoms with Gasteiger partial charge in [0.25, 0.3) is 5.56 Å². The fourth-order valence-electron chi connectivity index (χ4n) is 5.57. The van der Waals surface area contributed by atoms with E-state index in [0.717, 1.165) is 71.5 Å². The Bertz CT molecular complexity index is 1550. The maximum absolute atomic E-state index is 13.9. The van der Waals surface area contributed by atoms with E-state index in [4.69, 9.17) is 9.15 Å². The maximum Gasteiger partial charge on any atom is 0.354 e. The predicted octanol–water partition coefficient (Wildman–Crippen LogP) is 5.37. The molecular weight excluding hydrogens is 450 g/mol. The molecule has 7 heteroatoms. The fraction of sp³-hybridized carbons (Fsp3) is 0.259. The summed E-state index contributed by atoms with van der Waals surface area (Å²) in [5.74, 6) is 0.407. The Morgan fingerprint density at radius 1 is 1.03 bits per heavy atom. The van der Waals surface area contributed by atoms with Crippen molar-refractivity contribution in [3.63, 3.8) is 0 Å². The van der Waals surface area contributed by atoms with E-state index in [1.54, 1.807) is 17.7 Å². The van der Waals surface area contributed by atoms with Gasteiger partial charge in [-0.15, -0.1) is 0 Å². The van der Waals surface area contributed by atoms with Gasteiger partial charge in [0.1, 0.15) is 21.6 Å². The molecule has 4 aromatic rings. The number of aromatic nitrogens is 1. The summed E-state index contributed by atoms with van der Waals surface area (Å²) in [6.45, 7) is 0. The second-order valence-electron chi connectivity index (χ2n) is 8.92. The van der Waals surface area contributed by atoms with Crippen molar-refractivity contribution in [1.29, 1.82) is 0 Å². The molecule has 1 aliphatic carbocycles. The van der Waals surface area contributed by atoms with Crippen molar-refractivity contribution in [3.05, 3.63) is 86.6 Å². The fourth-order valence-corrected chi connectivity index (χ4v) is 6.42. The third-order valence-electron chi connectivity index (χ3n) is 7.13. The van der Waals surface area contributed by atoms with Crippen LogP contribution in [0.4, 0.5) is 0 Å². The molecule has 1 spiro atoms. The zero-order valence-corrected chi connectivity index (χ0v) is 19.5. The Labute approximate surface area is 199 Å². The van der Waals surface area contributed by atoms with Crippen LogP contribution in [0.5, 0.6) is 11.5 Å². The molecule has 2 aromatic carbocycles. The minimum absolute atomic E-state index is 0.0108. The molecule has 0 bridgehead atoms. The summed E-state index contributed by atoms with van der Waals surface area (Å²) in [6.07, 6.45) is 5.04. The molecule has 0 unspecified atom stereocenters. The van der Waals surface area contributed by atoms with Gasteiger partial charge >= 0.3 is 5.63 Å². The van der Waals surface area contributed by atoms with Crippen LogP contribution >= 0.6 is 11.8 Å². The summed E-state index contributed by atoms with van der Waals surface area (Å²) in [5, 5.41) is 11.1. The highest BCUT2D eigenvalue weighted by Gasteiger charge is 2.46. The highest BCUT2D eigenvalue weighted by Crippen LogP contribution is 2.52. The van der Waals surface area contributed by atoms with Crippen LogP contribution in [0.2, 0.25) is 0 Å². The molecule has 0 saturated heterocycles. The lowest BCUT2D eigenvalue weighted by molar-refractivity contribution is 0.344. The SMILES string of the molecule is COc1ccc2c(c1)C1(CCCCC1)c1cc3oc(=O)c(Sc4ccccc4)c(O)c3c(=O)n1-2. The molecule has 0 radical (unpaired) electrons. The zero-order valence-electron chi connectivity index (χ0n) is 18.7. The molecule has 0 atom stereocenters. The number of pyridine rings is 1. The van der Waals surface area contributed by atoms with Gasteiger partial charge in [0.2, 0.25) is 0 Å². The molecule has 2 aromatic heterocycles. The molecule has 0 amide bonds. The zero-order chi connectivity index (χ0) is 23.4. The van der Waals surface area contributed by atoms with Crippen molar-refractivity contribution in [2.75, 3.05) is 7.11 Å². The monoisotopic (exact) mass is 473 g/mol. The van der Waals surface area contributed by atoms with E-state index >= 15 is 0 Å². The summed E-state index contributed by atoms with van der Waals surface area (Å²) >= 11 is 1.09. The lowest BCUT2D eigenvalue weighted by Crippen LogP contribution is -2.31. The van der Waals surface area contributed by atoms with E-state index in [0.29, 0.717) is 0 Å². The van der Waals surface area contributed by atoms with Gasteiger partial charge in [-0.2, -0.15) is 0 Å². The van der Waals surface area contributed by atoms with E-state index in [1.807, 2.05) is 48.5 Å². The van der Waals surface area contributed by atoms with Crippen molar-refractivity contribution in [3.8, 4) is 17.2 Å². The van der Waals surface area contributed by atoms with Crippen LogP contribution in [0.15, 0.2) is 78.4 Å². The Hall–Kier alpha value is -3.45. The molecule has 6 nitrogen and oxygen atoms in total.